The van der Waals surface area contributed by atoms with Gasteiger partial charge in [-0.05, 0) is 48.7 Å². The Labute approximate surface area is 126 Å². The van der Waals surface area contributed by atoms with E-state index < -0.39 is 10.7 Å². The zero-order chi connectivity index (χ0) is 15.6. The Morgan fingerprint density at radius 3 is 2.52 bits per heavy atom. The molecule has 0 saturated heterocycles. The summed E-state index contributed by atoms with van der Waals surface area (Å²) in [5.41, 5.74) is 3.01. The molecule has 0 radical (unpaired) electrons. The summed E-state index contributed by atoms with van der Waals surface area (Å²) in [7, 11) is 0. The number of aryl methyl sites for hydroxylation is 2. The highest BCUT2D eigenvalue weighted by Crippen LogP contribution is 2.28. The van der Waals surface area contributed by atoms with Gasteiger partial charge in [0.1, 0.15) is 11.5 Å². The van der Waals surface area contributed by atoms with E-state index in [1.54, 1.807) is 12.1 Å². The number of rotatable bonds is 4. The van der Waals surface area contributed by atoms with Crippen molar-refractivity contribution in [1.82, 2.24) is 0 Å². The van der Waals surface area contributed by atoms with Crippen molar-refractivity contribution in [1.29, 1.82) is 0 Å². The first-order chi connectivity index (χ1) is 9.88. The molecule has 2 aromatic rings. The van der Waals surface area contributed by atoms with E-state index in [-0.39, 0.29) is 10.7 Å². The molecule has 0 atom stereocenters. The van der Waals surface area contributed by atoms with Gasteiger partial charge in [-0.15, -0.1) is 0 Å². The minimum atomic E-state index is -0.488. The van der Waals surface area contributed by atoms with E-state index >= 15 is 0 Å². The van der Waals surface area contributed by atoms with Crippen molar-refractivity contribution in [2.75, 3.05) is 5.32 Å². The Hall–Kier alpha value is -2.14. The standard InChI is InChI=1S/C15H14ClFN2O2/c1-9-5-14(15(19(20)21)6-10(9)2)18-8-11-3-4-13(17)12(16)7-11/h3-7,18H,8H2,1-2H3. The Morgan fingerprint density at radius 2 is 1.90 bits per heavy atom. The number of benzene rings is 2. The van der Waals surface area contributed by atoms with Crippen molar-refractivity contribution < 1.29 is 9.31 Å². The first-order valence-corrected chi connectivity index (χ1v) is 6.69. The maximum Gasteiger partial charge on any atom is 0.292 e. The molecule has 0 aliphatic heterocycles. The van der Waals surface area contributed by atoms with Crippen LogP contribution in [0.1, 0.15) is 16.7 Å². The molecular weight excluding hydrogens is 295 g/mol. The molecule has 0 bridgehead atoms. The second-order valence-electron chi connectivity index (χ2n) is 4.81. The maximum atomic E-state index is 13.1. The minimum absolute atomic E-state index is 0.0197. The first-order valence-electron chi connectivity index (χ1n) is 6.32. The van der Waals surface area contributed by atoms with Crippen LogP contribution in [0.4, 0.5) is 15.8 Å². The summed E-state index contributed by atoms with van der Waals surface area (Å²) in [6, 6.07) is 7.62. The van der Waals surface area contributed by atoms with Crippen LogP contribution in [0, 0.1) is 29.8 Å². The summed E-state index contributed by atoms with van der Waals surface area (Å²) in [6.07, 6.45) is 0. The van der Waals surface area contributed by atoms with Gasteiger partial charge in [0.2, 0.25) is 0 Å². The van der Waals surface area contributed by atoms with E-state index in [2.05, 4.69) is 5.32 Å². The van der Waals surface area contributed by atoms with E-state index in [0.717, 1.165) is 16.7 Å². The van der Waals surface area contributed by atoms with Crippen LogP contribution in [-0.4, -0.2) is 4.92 Å². The Kier molecular flexibility index (Phi) is 4.43. The summed E-state index contributed by atoms with van der Waals surface area (Å²) < 4.78 is 13.1. The fourth-order valence-corrected chi connectivity index (χ4v) is 2.14. The zero-order valence-electron chi connectivity index (χ0n) is 11.6. The molecule has 0 saturated carbocycles. The Morgan fingerprint density at radius 1 is 1.24 bits per heavy atom. The Bertz CT molecular complexity index is 704. The molecule has 6 heteroatoms. The highest BCUT2D eigenvalue weighted by atomic mass is 35.5. The summed E-state index contributed by atoms with van der Waals surface area (Å²) in [4.78, 5) is 10.7. The third-order valence-corrected chi connectivity index (χ3v) is 3.57. The van der Waals surface area contributed by atoms with Gasteiger partial charge in [-0.25, -0.2) is 4.39 Å². The van der Waals surface area contributed by atoms with Crippen LogP contribution < -0.4 is 5.32 Å². The average Bonchev–Trinajstić information content (AvgIpc) is 2.43. The second kappa shape index (κ2) is 6.10. The lowest BCUT2D eigenvalue weighted by Crippen LogP contribution is -2.04. The molecule has 0 aromatic heterocycles. The highest BCUT2D eigenvalue weighted by Gasteiger charge is 2.15. The molecule has 1 N–H and O–H groups in total. The van der Waals surface area contributed by atoms with Crippen LogP contribution in [0.25, 0.3) is 0 Å². The monoisotopic (exact) mass is 308 g/mol. The van der Waals surface area contributed by atoms with Crippen LogP contribution in [-0.2, 0) is 6.54 Å². The molecule has 2 rings (SSSR count). The SMILES string of the molecule is Cc1cc(NCc2ccc(F)c(Cl)c2)c([N+](=O)[O-])cc1C. The van der Waals surface area contributed by atoms with Crippen molar-refractivity contribution in [2.45, 2.75) is 20.4 Å². The lowest BCUT2D eigenvalue weighted by Gasteiger charge is -2.10. The predicted octanol–water partition coefficient (Wildman–Crippen LogP) is 4.62. The van der Waals surface area contributed by atoms with Crippen LogP contribution in [0.3, 0.4) is 0 Å². The van der Waals surface area contributed by atoms with E-state index in [0.29, 0.717) is 12.2 Å². The number of nitrogens with one attached hydrogen (secondary N) is 1. The topological polar surface area (TPSA) is 55.2 Å². The third kappa shape index (κ3) is 3.49. The zero-order valence-corrected chi connectivity index (χ0v) is 12.4. The van der Waals surface area contributed by atoms with Crippen LogP contribution in [0.15, 0.2) is 30.3 Å². The fraction of sp³-hybridized carbons (Fsp3) is 0.200. The molecule has 0 fully saturated rings. The molecule has 110 valence electrons. The quantitative estimate of drug-likeness (QED) is 0.662. The number of nitro groups is 1. The van der Waals surface area contributed by atoms with Crippen molar-refractivity contribution in [2.24, 2.45) is 0 Å². The predicted molar refractivity (Wildman–Crippen MR) is 81.3 cm³/mol. The number of hydrogen-bond acceptors (Lipinski definition) is 3. The average molecular weight is 309 g/mol. The Balaban J connectivity index is 2.24. The van der Waals surface area contributed by atoms with E-state index in [4.69, 9.17) is 11.6 Å². The number of anilines is 1. The highest BCUT2D eigenvalue weighted by molar-refractivity contribution is 6.30. The van der Waals surface area contributed by atoms with Gasteiger partial charge in [0.25, 0.3) is 5.69 Å². The number of nitro benzene ring substituents is 1. The van der Waals surface area contributed by atoms with Crippen molar-refractivity contribution in [3.05, 3.63) is 68.0 Å². The lowest BCUT2D eigenvalue weighted by atomic mass is 10.1. The molecule has 0 aliphatic rings. The smallest absolute Gasteiger partial charge is 0.292 e. The van der Waals surface area contributed by atoms with Gasteiger partial charge in [0, 0.05) is 12.6 Å². The van der Waals surface area contributed by atoms with Gasteiger partial charge < -0.3 is 5.32 Å². The van der Waals surface area contributed by atoms with Gasteiger partial charge in [0.05, 0.1) is 9.95 Å². The molecule has 2 aromatic carbocycles. The summed E-state index contributed by atoms with van der Waals surface area (Å²) in [5.74, 6) is -0.488. The van der Waals surface area contributed by atoms with Crippen molar-refractivity contribution in [3.8, 4) is 0 Å². The number of hydrogen-bond donors (Lipinski definition) is 1. The molecule has 21 heavy (non-hydrogen) atoms. The van der Waals surface area contributed by atoms with Crippen molar-refractivity contribution in [3.63, 3.8) is 0 Å². The van der Waals surface area contributed by atoms with Gasteiger partial charge >= 0.3 is 0 Å². The van der Waals surface area contributed by atoms with Crippen LogP contribution in [0.2, 0.25) is 5.02 Å². The number of halogens is 2. The van der Waals surface area contributed by atoms with Gasteiger partial charge in [-0.1, -0.05) is 17.7 Å². The molecule has 0 heterocycles. The first kappa shape index (κ1) is 15.3. The molecule has 0 spiro atoms. The maximum absolute atomic E-state index is 13.1. The number of nitrogens with zero attached hydrogens (tertiary/aromatic N) is 1. The molecule has 0 amide bonds. The molecule has 0 unspecified atom stereocenters. The molecule has 4 nitrogen and oxygen atoms in total. The van der Waals surface area contributed by atoms with Gasteiger partial charge in [0.15, 0.2) is 0 Å². The van der Waals surface area contributed by atoms with Gasteiger partial charge in [-0.2, -0.15) is 0 Å². The summed E-state index contributed by atoms with van der Waals surface area (Å²) in [6.45, 7) is 4.04. The molecular formula is C15H14ClFN2O2. The largest absolute Gasteiger partial charge is 0.375 e. The summed E-state index contributed by atoms with van der Waals surface area (Å²) in [5, 5.41) is 14.1. The van der Waals surface area contributed by atoms with E-state index in [1.165, 1.54) is 18.2 Å². The minimum Gasteiger partial charge on any atom is -0.375 e. The fourth-order valence-electron chi connectivity index (χ4n) is 1.94. The summed E-state index contributed by atoms with van der Waals surface area (Å²) >= 11 is 5.71. The van der Waals surface area contributed by atoms with Gasteiger partial charge in [-0.3, -0.25) is 10.1 Å². The second-order valence-corrected chi connectivity index (χ2v) is 5.22. The molecule has 0 aliphatic carbocycles. The van der Waals surface area contributed by atoms with Crippen LogP contribution >= 0.6 is 11.6 Å². The lowest BCUT2D eigenvalue weighted by molar-refractivity contribution is -0.384. The van der Waals surface area contributed by atoms with E-state index in [1.807, 2.05) is 13.8 Å². The van der Waals surface area contributed by atoms with Crippen LogP contribution in [0.5, 0.6) is 0 Å². The third-order valence-electron chi connectivity index (χ3n) is 3.28. The van der Waals surface area contributed by atoms with Crippen molar-refractivity contribution >= 4 is 23.0 Å². The normalized spacial score (nSPS) is 10.5. The van der Waals surface area contributed by atoms with E-state index in [9.17, 15) is 14.5 Å².